The molecule has 0 spiro atoms. The Hall–Kier alpha value is -4.44. The molecule has 44 heavy (non-hydrogen) atoms. The molecule has 8 nitrogen and oxygen atoms in total. The van der Waals surface area contributed by atoms with E-state index in [2.05, 4.69) is 16.0 Å². The van der Waals surface area contributed by atoms with Crippen molar-refractivity contribution in [1.29, 1.82) is 0 Å². The van der Waals surface area contributed by atoms with Crippen LogP contribution in [0.1, 0.15) is 22.8 Å². The summed E-state index contributed by atoms with van der Waals surface area (Å²) in [4.78, 5) is 40.2. The number of amides is 3. The molecule has 0 aromatic heterocycles. The third-order valence-corrected chi connectivity index (χ3v) is 7.70. The van der Waals surface area contributed by atoms with Gasteiger partial charge in [0.15, 0.2) is 0 Å². The van der Waals surface area contributed by atoms with Crippen LogP contribution in [0.4, 0.5) is 11.4 Å². The van der Waals surface area contributed by atoms with Crippen LogP contribution in [0.25, 0.3) is 6.08 Å². The first-order chi connectivity index (χ1) is 21.1. The standard InChI is InChI=1S/C33H29Cl2N3O5S/c1-20(31(39)37-26-17-23(34)16-24(35)18-26)44-28-11-7-10-25(19-28)36-33(41)29(38-32(40)21-8-5-4-6-9-21)15-22-14-27(42-2)12-13-30(22)43-3/h4-20H,1-3H3,(H,36,41)(H,37,39)(H,38,40)/b29-15+. The number of carbonyl (C=O) groups excluding carboxylic acids is 3. The lowest BCUT2D eigenvalue weighted by atomic mass is 10.1. The normalized spacial score (nSPS) is 11.7. The molecule has 1 atom stereocenters. The Bertz CT molecular complexity index is 1680. The average Bonchev–Trinajstić information content (AvgIpc) is 3.00. The number of methoxy groups -OCH3 is 2. The van der Waals surface area contributed by atoms with Crippen LogP contribution in [0.3, 0.4) is 0 Å². The van der Waals surface area contributed by atoms with Gasteiger partial charge in [0.25, 0.3) is 11.8 Å². The molecule has 0 radical (unpaired) electrons. The number of hydrogen-bond acceptors (Lipinski definition) is 6. The van der Waals surface area contributed by atoms with E-state index < -0.39 is 17.1 Å². The summed E-state index contributed by atoms with van der Waals surface area (Å²) in [6.45, 7) is 1.76. The lowest BCUT2D eigenvalue weighted by Crippen LogP contribution is -2.30. The van der Waals surface area contributed by atoms with Gasteiger partial charge in [-0.1, -0.05) is 47.5 Å². The van der Waals surface area contributed by atoms with Crippen molar-refractivity contribution >= 4 is 70.1 Å². The van der Waals surface area contributed by atoms with Crippen LogP contribution in [0.2, 0.25) is 10.0 Å². The summed E-state index contributed by atoms with van der Waals surface area (Å²) < 4.78 is 10.8. The summed E-state index contributed by atoms with van der Waals surface area (Å²) >= 11 is 13.4. The number of carbonyl (C=O) groups is 3. The summed E-state index contributed by atoms with van der Waals surface area (Å²) in [6.07, 6.45) is 1.52. The Morgan fingerprint density at radius 2 is 1.52 bits per heavy atom. The predicted molar refractivity (Wildman–Crippen MR) is 177 cm³/mol. The molecule has 0 heterocycles. The predicted octanol–water partition coefficient (Wildman–Crippen LogP) is 7.54. The summed E-state index contributed by atoms with van der Waals surface area (Å²) in [7, 11) is 3.04. The number of hydrogen-bond donors (Lipinski definition) is 3. The average molecular weight is 651 g/mol. The van der Waals surface area contributed by atoms with Gasteiger partial charge in [0, 0.05) is 37.4 Å². The lowest BCUT2D eigenvalue weighted by Gasteiger charge is -2.15. The van der Waals surface area contributed by atoms with E-state index >= 15 is 0 Å². The second kappa shape index (κ2) is 15.3. The van der Waals surface area contributed by atoms with Crippen LogP contribution in [-0.2, 0) is 9.59 Å². The van der Waals surface area contributed by atoms with E-state index in [0.717, 1.165) is 4.90 Å². The van der Waals surface area contributed by atoms with Gasteiger partial charge in [-0.15, -0.1) is 11.8 Å². The molecule has 3 amide bonds. The Morgan fingerprint density at radius 3 is 2.20 bits per heavy atom. The van der Waals surface area contributed by atoms with E-state index in [1.165, 1.54) is 32.1 Å². The largest absolute Gasteiger partial charge is 0.497 e. The van der Waals surface area contributed by atoms with Crippen molar-refractivity contribution in [2.24, 2.45) is 0 Å². The molecule has 4 aromatic rings. The second-order valence-corrected chi connectivity index (χ2v) is 11.7. The molecule has 0 bridgehead atoms. The number of ether oxygens (including phenoxy) is 2. The second-order valence-electron chi connectivity index (χ2n) is 9.38. The van der Waals surface area contributed by atoms with Gasteiger partial charge in [0.2, 0.25) is 5.91 Å². The zero-order chi connectivity index (χ0) is 31.6. The summed E-state index contributed by atoms with van der Waals surface area (Å²) in [5.74, 6) is -0.240. The minimum Gasteiger partial charge on any atom is -0.497 e. The van der Waals surface area contributed by atoms with E-state index in [0.29, 0.717) is 44.0 Å². The van der Waals surface area contributed by atoms with Crippen LogP contribution in [0, 0.1) is 0 Å². The molecule has 0 aliphatic rings. The van der Waals surface area contributed by atoms with Crippen molar-refractivity contribution in [1.82, 2.24) is 5.32 Å². The SMILES string of the molecule is COc1ccc(OC)c(/C=C(/NC(=O)c2ccccc2)C(=O)Nc2cccc(SC(C)C(=O)Nc3cc(Cl)cc(Cl)c3)c2)c1. The zero-order valence-corrected chi connectivity index (χ0v) is 26.3. The number of benzene rings is 4. The van der Waals surface area contributed by atoms with Crippen molar-refractivity contribution in [2.75, 3.05) is 24.9 Å². The van der Waals surface area contributed by atoms with Gasteiger partial charge < -0.3 is 25.4 Å². The molecule has 0 fully saturated rings. The van der Waals surface area contributed by atoms with Gasteiger partial charge in [0.1, 0.15) is 17.2 Å². The molecule has 0 aliphatic heterocycles. The van der Waals surface area contributed by atoms with E-state index in [4.69, 9.17) is 32.7 Å². The smallest absolute Gasteiger partial charge is 0.272 e. The van der Waals surface area contributed by atoms with E-state index in [9.17, 15) is 14.4 Å². The van der Waals surface area contributed by atoms with Crippen molar-refractivity contribution < 1.29 is 23.9 Å². The maximum atomic E-state index is 13.6. The fraction of sp³-hybridized carbons (Fsp3) is 0.121. The van der Waals surface area contributed by atoms with Gasteiger partial charge in [0.05, 0.1) is 19.5 Å². The van der Waals surface area contributed by atoms with Gasteiger partial charge in [-0.25, -0.2) is 0 Å². The molecule has 1 unspecified atom stereocenters. The Morgan fingerprint density at radius 1 is 0.795 bits per heavy atom. The highest BCUT2D eigenvalue weighted by Gasteiger charge is 2.18. The summed E-state index contributed by atoms with van der Waals surface area (Å²) in [5, 5.41) is 8.71. The quantitative estimate of drug-likeness (QED) is 0.114. The maximum absolute atomic E-state index is 13.6. The lowest BCUT2D eigenvalue weighted by molar-refractivity contribution is -0.115. The van der Waals surface area contributed by atoms with Gasteiger partial charge in [-0.3, -0.25) is 14.4 Å². The van der Waals surface area contributed by atoms with Crippen LogP contribution in [-0.4, -0.2) is 37.2 Å². The topological polar surface area (TPSA) is 106 Å². The van der Waals surface area contributed by atoms with Crippen LogP contribution in [0.15, 0.2) is 102 Å². The van der Waals surface area contributed by atoms with Crippen LogP contribution < -0.4 is 25.4 Å². The molecule has 4 rings (SSSR count). The molecule has 4 aromatic carbocycles. The third-order valence-electron chi connectivity index (χ3n) is 6.17. The Kier molecular flexibility index (Phi) is 11.3. The zero-order valence-electron chi connectivity index (χ0n) is 24.0. The van der Waals surface area contributed by atoms with Crippen molar-refractivity contribution in [3.8, 4) is 11.5 Å². The van der Waals surface area contributed by atoms with Gasteiger partial charge in [-0.2, -0.15) is 0 Å². The molecule has 0 aliphatic carbocycles. The highest BCUT2D eigenvalue weighted by molar-refractivity contribution is 8.00. The molecule has 226 valence electrons. The first-order valence-corrected chi connectivity index (χ1v) is 14.9. The number of thioether (sulfide) groups is 1. The number of nitrogens with one attached hydrogen (secondary N) is 3. The number of rotatable bonds is 11. The Balaban J connectivity index is 1.54. The summed E-state index contributed by atoms with van der Waals surface area (Å²) in [6, 6.07) is 25.5. The summed E-state index contributed by atoms with van der Waals surface area (Å²) in [5.41, 5.74) is 1.85. The van der Waals surface area contributed by atoms with E-state index in [1.807, 2.05) is 6.07 Å². The highest BCUT2D eigenvalue weighted by atomic mass is 35.5. The maximum Gasteiger partial charge on any atom is 0.272 e. The van der Waals surface area contributed by atoms with Crippen LogP contribution in [0.5, 0.6) is 11.5 Å². The first kappa shape index (κ1) is 32.5. The van der Waals surface area contributed by atoms with Crippen molar-refractivity contribution in [3.05, 3.63) is 118 Å². The third kappa shape index (κ3) is 9.03. The first-order valence-electron chi connectivity index (χ1n) is 13.3. The molecular formula is C33H29Cl2N3O5S. The fourth-order valence-corrected chi connectivity index (χ4v) is 5.48. The van der Waals surface area contributed by atoms with Gasteiger partial charge >= 0.3 is 0 Å². The minimum atomic E-state index is -0.565. The van der Waals surface area contributed by atoms with Crippen molar-refractivity contribution in [3.63, 3.8) is 0 Å². The molecule has 0 saturated heterocycles. The van der Waals surface area contributed by atoms with E-state index in [1.54, 1.807) is 91.9 Å². The fourth-order valence-electron chi connectivity index (χ4n) is 4.02. The number of halogens is 2. The van der Waals surface area contributed by atoms with Crippen LogP contribution >= 0.6 is 35.0 Å². The molecular weight excluding hydrogens is 621 g/mol. The monoisotopic (exact) mass is 649 g/mol. The molecule has 11 heteroatoms. The van der Waals surface area contributed by atoms with E-state index in [-0.39, 0.29) is 11.6 Å². The van der Waals surface area contributed by atoms with Crippen molar-refractivity contribution in [2.45, 2.75) is 17.1 Å². The van der Waals surface area contributed by atoms with Gasteiger partial charge in [-0.05, 0) is 79.7 Å². The minimum absolute atomic E-state index is 0.0172. The number of anilines is 2. The molecule has 3 N–H and O–H groups in total. The highest BCUT2D eigenvalue weighted by Crippen LogP contribution is 2.29. The molecule has 0 saturated carbocycles. The Labute approximate surface area is 269 Å².